The first-order valence-corrected chi connectivity index (χ1v) is 6.34. The molecule has 0 aliphatic carbocycles. The Kier molecular flexibility index (Phi) is 4.26. The highest BCUT2D eigenvalue weighted by Crippen LogP contribution is 2.40. The lowest BCUT2D eigenvalue weighted by Gasteiger charge is -2.17. The quantitative estimate of drug-likeness (QED) is 0.620. The number of nitrogens with two attached hydrogens (primary N) is 1. The fourth-order valence-corrected chi connectivity index (χ4v) is 2.29. The van der Waals surface area contributed by atoms with Gasteiger partial charge in [-0.25, -0.2) is 14.0 Å². The summed E-state index contributed by atoms with van der Waals surface area (Å²) >= 11 is 0. The lowest BCUT2D eigenvalue weighted by Crippen LogP contribution is -2.25. The van der Waals surface area contributed by atoms with Gasteiger partial charge in [0.05, 0.1) is 5.56 Å². The van der Waals surface area contributed by atoms with Crippen LogP contribution in [0.3, 0.4) is 0 Å². The van der Waals surface area contributed by atoms with Gasteiger partial charge in [0, 0.05) is 5.56 Å². The predicted molar refractivity (Wildman–Crippen MR) is 75.8 cm³/mol. The second-order valence-electron chi connectivity index (χ2n) is 4.79. The van der Waals surface area contributed by atoms with Crippen molar-refractivity contribution in [3.8, 4) is 11.1 Å². The normalized spacial score (nSPS) is 11.4. The second kappa shape index (κ2) is 5.92. The fraction of sp³-hybridized carbons (Fsp3) is 0.0714. The molecule has 7 nitrogen and oxygen atoms in total. The summed E-state index contributed by atoms with van der Waals surface area (Å²) in [5, 5.41) is 18.3. The maximum absolute atomic E-state index is 13.2. The Morgan fingerprint density at radius 3 is 2.12 bits per heavy atom. The molecule has 132 valence electrons. The van der Waals surface area contributed by atoms with Gasteiger partial charge in [0.1, 0.15) is 22.8 Å². The summed E-state index contributed by atoms with van der Waals surface area (Å²) in [7, 11) is 0. The van der Waals surface area contributed by atoms with E-state index in [1.807, 2.05) is 0 Å². The summed E-state index contributed by atoms with van der Waals surface area (Å²) in [5.41, 5.74) is -2.08. The number of aromatic amines is 1. The minimum Gasteiger partial charge on any atom is -0.478 e. The molecule has 0 saturated carbocycles. The first kappa shape index (κ1) is 18.0. The van der Waals surface area contributed by atoms with E-state index in [0.717, 1.165) is 0 Å². The van der Waals surface area contributed by atoms with Crippen LogP contribution in [-0.2, 0) is 6.18 Å². The predicted octanol–water partition coefficient (Wildman–Crippen LogP) is 2.18. The summed E-state index contributed by atoms with van der Waals surface area (Å²) < 4.78 is 52.9. The van der Waals surface area contributed by atoms with Crippen LogP contribution < -0.4 is 11.3 Å². The number of anilines is 1. The Labute approximate surface area is 135 Å². The molecule has 0 atom stereocenters. The molecule has 2 aromatic rings. The number of aromatic nitrogens is 1. The monoisotopic (exact) mass is 360 g/mol. The number of rotatable bonds is 3. The number of carboxylic acid groups (broad SMARTS) is 2. The lowest BCUT2D eigenvalue weighted by molar-refractivity contribution is -0.137. The summed E-state index contributed by atoms with van der Waals surface area (Å²) in [5.74, 6) is -5.97. The van der Waals surface area contributed by atoms with Gasteiger partial charge in [-0.3, -0.25) is 4.79 Å². The van der Waals surface area contributed by atoms with Crippen molar-refractivity contribution in [1.29, 1.82) is 0 Å². The molecule has 0 fully saturated rings. The average Bonchev–Trinajstić information content (AvgIpc) is 2.44. The average molecular weight is 360 g/mol. The SMILES string of the molecule is Nc1[nH]c(=O)c(C(=O)O)c(-c2ccc(F)cc2C(F)(F)F)c1C(=O)O. The first-order valence-electron chi connectivity index (χ1n) is 6.34. The van der Waals surface area contributed by atoms with E-state index < -0.39 is 63.1 Å². The molecule has 1 aromatic carbocycles. The van der Waals surface area contributed by atoms with E-state index in [4.69, 9.17) is 10.8 Å². The second-order valence-corrected chi connectivity index (χ2v) is 4.79. The zero-order chi connectivity index (χ0) is 19.1. The molecule has 0 aliphatic rings. The van der Waals surface area contributed by atoms with Crippen LogP contribution in [0, 0.1) is 5.82 Å². The summed E-state index contributed by atoms with van der Waals surface area (Å²) in [6.45, 7) is 0. The van der Waals surface area contributed by atoms with Crippen LogP contribution in [0.25, 0.3) is 11.1 Å². The number of halogens is 4. The molecule has 0 spiro atoms. The largest absolute Gasteiger partial charge is 0.478 e. The number of nitrogens with one attached hydrogen (secondary N) is 1. The van der Waals surface area contributed by atoms with E-state index in [-0.39, 0.29) is 6.07 Å². The van der Waals surface area contributed by atoms with Crippen molar-refractivity contribution < 1.29 is 37.4 Å². The van der Waals surface area contributed by atoms with Gasteiger partial charge in [-0.05, 0) is 17.7 Å². The number of aromatic carboxylic acids is 2. The molecule has 2 rings (SSSR count). The molecule has 0 aliphatic heterocycles. The maximum atomic E-state index is 13.2. The standard InChI is InChI=1S/C14H8F4N2O5/c15-4-1-2-5(6(3-4)14(16,17)18)7-8(12(22)23)10(19)20-11(21)9(7)13(24)25/h1-3H,(H,22,23)(H,24,25)(H3,19,20,21). The van der Waals surface area contributed by atoms with E-state index in [2.05, 4.69) is 0 Å². The Bertz CT molecular complexity index is 949. The van der Waals surface area contributed by atoms with Crippen LogP contribution in [0.2, 0.25) is 0 Å². The van der Waals surface area contributed by atoms with Crippen molar-refractivity contribution in [3.63, 3.8) is 0 Å². The van der Waals surface area contributed by atoms with Crippen molar-refractivity contribution in [3.05, 3.63) is 51.1 Å². The van der Waals surface area contributed by atoms with E-state index >= 15 is 0 Å². The minimum absolute atomic E-state index is 0.0595. The summed E-state index contributed by atoms with van der Waals surface area (Å²) in [6.07, 6.45) is -5.15. The topological polar surface area (TPSA) is 133 Å². The van der Waals surface area contributed by atoms with Crippen molar-refractivity contribution in [2.24, 2.45) is 0 Å². The van der Waals surface area contributed by atoms with Gasteiger partial charge in [0.2, 0.25) is 0 Å². The molecule has 0 amide bonds. The number of hydrogen-bond acceptors (Lipinski definition) is 4. The summed E-state index contributed by atoms with van der Waals surface area (Å²) in [4.78, 5) is 36.3. The molecule has 11 heteroatoms. The van der Waals surface area contributed by atoms with Crippen molar-refractivity contribution in [2.45, 2.75) is 6.18 Å². The number of benzene rings is 1. The molecule has 0 bridgehead atoms. The minimum atomic E-state index is -5.15. The van der Waals surface area contributed by atoms with E-state index in [9.17, 15) is 37.1 Å². The number of pyridine rings is 1. The van der Waals surface area contributed by atoms with E-state index in [1.165, 1.54) is 0 Å². The van der Waals surface area contributed by atoms with Crippen LogP contribution >= 0.6 is 0 Å². The number of hydrogen-bond donors (Lipinski definition) is 4. The van der Waals surface area contributed by atoms with Crippen LogP contribution in [0.5, 0.6) is 0 Å². The zero-order valence-corrected chi connectivity index (χ0v) is 11.9. The van der Waals surface area contributed by atoms with Crippen molar-refractivity contribution in [1.82, 2.24) is 4.98 Å². The van der Waals surface area contributed by atoms with Gasteiger partial charge in [0.25, 0.3) is 5.56 Å². The maximum Gasteiger partial charge on any atom is 0.417 e. The number of alkyl halides is 3. The summed E-state index contributed by atoms with van der Waals surface area (Å²) in [6, 6.07) is 1.16. The molecule has 5 N–H and O–H groups in total. The van der Waals surface area contributed by atoms with Crippen LogP contribution in [-0.4, -0.2) is 27.1 Å². The molecule has 25 heavy (non-hydrogen) atoms. The Morgan fingerprint density at radius 1 is 1.08 bits per heavy atom. The van der Waals surface area contributed by atoms with Gasteiger partial charge in [-0.15, -0.1) is 0 Å². The third kappa shape index (κ3) is 3.16. The molecule has 1 aromatic heterocycles. The van der Waals surface area contributed by atoms with Gasteiger partial charge in [-0.2, -0.15) is 13.2 Å². The highest BCUT2D eigenvalue weighted by Gasteiger charge is 2.37. The van der Waals surface area contributed by atoms with E-state index in [0.29, 0.717) is 12.1 Å². The third-order valence-corrected chi connectivity index (χ3v) is 3.23. The highest BCUT2D eigenvalue weighted by atomic mass is 19.4. The molecule has 0 unspecified atom stereocenters. The number of carbonyl (C=O) groups is 2. The zero-order valence-electron chi connectivity index (χ0n) is 11.9. The molecular formula is C14H8F4N2O5. The third-order valence-electron chi connectivity index (χ3n) is 3.23. The smallest absolute Gasteiger partial charge is 0.417 e. The molecule has 1 heterocycles. The van der Waals surface area contributed by atoms with Gasteiger partial charge < -0.3 is 20.9 Å². The number of H-pyrrole nitrogens is 1. The Hall–Kier alpha value is -3.37. The number of carboxylic acids is 2. The Balaban J connectivity index is 3.10. The van der Waals surface area contributed by atoms with Crippen LogP contribution in [0.15, 0.2) is 23.0 Å². The fourth-order valence-electron chi connectivity index (χ4n) is 2.29. The number of nitrogen functional groups attached to an aromatic ring is 1. The lowest BCUT2D eigenvalue weighted by atomic mass is 9.91. The molecule has 0 radical (unpaired) electrons. The van der Waals surface area contributed by atoms with Crippen LogP contribution in [0.4, 0.5) is 23.4 Å². The first-order chi connectivity index (χ1) is 11.4. The van der Waals surface area contributed by atoms with E-state index in [1.54, 1.807) is 4.98 Å². The van der Waals surface area contributed by atoms with Crippen molar-refractivity contribution >= 4 is 17.8 Å². The Morgan fingerprint density at radius 2 is 1.64 bits per heavy atom. The molecular weight excluding hydrogens is 352 g/mol. The van der Waals surface area contributed by atoms with Gasteiger partial charge in [-0.1, -0.05) is 6.07 Å². The highest BCUT2D eigenvalue weighted by molar-refractivity contribution is 6.07. The van der Waals surface area contributed by atoms with Crippen molar-refractivity contribution in [2.75, 3.05) is 5.73 Å². The van der Waals surface area contributed by atoms with Gasteiger partial charge >= 0.3 is 18.1 Å². The van der Waals surface area contributed by atoms with Crippen LogP contribution in [0.1, 0.15) is 26.3 Å². The molecule has 0 saturated heterocycles. The van der Waals surface area contributed by atoms with Gasteiger partial charge in [0.15, 0.2) is 0 Å².